The van der Waals surface area contributed by atoms with Gasteiger partial charge in [-0.2, -0.15) is 0 Å². The van der Waals surface area contributed by atoms with E-state index in [0.29, 0.717) is 0 Å². The first-order valence-electron chi connectivity index (χ1n) is 4.21. The number of hydrogen-bond donors (Lipinski definition) is 0. The van der Waals surface area contributed by atoms with Crippen LogP contribution in [0.1, 0.15) is 20.8 Å². The third-order valence-corrected chi connectivity index (χ3v) is 2.43. The first kappa shape index (κ1) is 8.38. The molecule has 1 aliphatic heterocycles. The van der Waals surface area contributed by atoms with Gasteiger partial charge in [0, 0.05) is 19.3 Å². The zero-order valence-electron chi connectivity index (χ0n) is 7.89. The van der Waals surface area contributed by atoms with E-state index in [-0.39, 0.29) is 0 Å². The summed E-state index contributed by atoms with van der Waals surface area (Å²) in [4.78, 5) is 2.32. The van der Waals surface area contributed by atoms with Crippen molar-refractivity contribution < 1.29 is 0 Å². The predicted molar refractivity (Wildman–Crippen MR) is 49.3 cm³/mol. The van der Waals surface area contributed by atoms with Crippen molar-refractivity contribution in [3.05, 3.63) is 23.4 Å². The maximum absolute atomic E-state index is 2.32. The van der Waals surface area contributed by atoms with Crippen LogP contribution < -0.4 is 0 Å². The molecule has 0 aliphatic carbocycles. The van der Waals surface area contributed by atoms with Gasteiger partial charge in [0.1, 0.15) is 0 Å². The molecule has 11 heavy (non-hydrogen) atoms. The highest BCUT2D eigenvalue weighted by Crippen LogP contribution is 2.26. The Morgan fingerprint density at radius 1 is 1.55 bits per heavy atom. The molecule has 1 heterocycles. The molecule has 0 fully saturated rings. The molecule has 0 amide bonds. The van der Waals surface area contributed by atoms with E-state index in [1.807, 2.05) is 0 Å². The highest BCUT2D eigenvalue weighted by Gasteiger charge is 2.20. The molecule has 0 bridgehead atoms. The second kappa shape index (κ2) is 3.12. The summed E-state index contributed by atoms with van der Waals surface area (Å²) in [5.74, 6) is 0.728. The normalized spacial score (nSPS) is 25.8. The van der Waals surface area contributed by atoms with Gasteiger partial charge < -0.3 is 4.90 Å². The molecule has 0 N–H and O–H groups in total. The fraction of sp³-hybridized carbons (Fsp3) is 0.600. The van der Waals surface area contributed by atoms with E-state index in [1.165, 1.54) is 17.8 Å². The highest BCUT2D eigenvalue weighted by atomic mass is 15.1. The molecular formula is C10H17N. The maximum atomic E-state index is 2.32. The van der Waals surface area contributed by atoms with Gasteiger partial charge >= 0.3 is 0 Å². The van der Waals surface area contributed by atoms with Gasteiger partial charge in [0.05, 0.1) is 0 Å². The predicted octanol–water partition coefficient (Wildman–Crippen LogP) is 2.42. The van der Waals surface area contributed by atoms with E-state index in [1.54, 1.807) is 0 Å². The third-order valence-electron chi connectivity index (χ3n) is 2.43. The summed E-state index contributed by atoms with van der Waals surface area (Å²) in [6.45, 7) is 7.74. The Kier molecular flexibility index (Phi) is 2.38. The zero-order chi connectivity index (χ0) is 8.43. The lowest BCUT2D eigenvalue weighted by molar-refractivity contribution is 0.431. The lowest BCUT2D eigenvalue weighted by atomic mass is 10.1. The van der Waals surface area contributed by atoms with Gasteiger partial charge in [-0.05, 0) is 31.4 Å². The van der Waals surface area contributed by atoms with Crippen molar-refractivity contribution >= 4 is 0 Å². The smallest absolute Gasteiger partial charge is 0.0352 e. The second-order valence-electron chi connectivity index (χ2n) is 3.35. The Hall–Kier alpha value is -0.720. The molecule has 1 nitrogen and oxygen atoms in total. The fourth-order valence-electron chi connectivity index (χ4n) is 1.62. The highest BCUT2D eigenvalue weighted by molar-refractivity contribution is 5.28. The molecule has 1 atom stereocenters. The summed E-state index contributed by atoms with van der Waals surface area (Å²) in [5.41, 5.74) is 2.92. The van der Waals surface area contributed by atoms with Gasteiger partial charge in [0.25, 0.3) is 0 Å². The summed E-state index contributed by atoms with van der Waals surface area (Å²) in [5, 5.41) is 0. The standard InChI is InChI=1S/C10H17N/c1-5-6-10-9(3)8(2)7-11(10)4/h5-6,8H,7H2,1-4H3/b6-5-. The Balaban J connectivity index is 2.87. The molecule has 0 aromatic rings. The summed E-state index contributed by atoms with van der Waals surface area (Å²) in [6.07, 6.45) is 4.30. The van der Waals surface area contributed by atoms with Crippen molar-refractivity contribution in [2.45, 2.75) is 20.8 Å². The fourth-order valence-corrected chi connectivity index (χ4v) is 1.62. The van der Waals surface area contributed by atoms with Crippen LogP contribution in [0.2, 0.25) is 0 Å². The van der Waals surface area contributed by atoms with Crippen LogP contribution in [-0.4, -0.2) is 18.5 Å². The van der Waals surface area contributed by atoms with Crippen LogP contribution in [0.4, 0.5) is 0 Å². The van der Waals surface area contributed by atoms with Crippen LogP contribution in [0.15, 0.2) is 23.4 Å². The van der Waals surface area contributed by atoms with Crippen LogP contribution in [-0.2, 0) is 0 Å². The Morgan fingerprint density at radius 3 is 2.55 bits per heavy atom. The van der Waals surface area contributed by atoms with Gasteiger partial charge in [-0.3, -0.25) is 0 Å². The van der Waals surface area contributed by atoms with Crippen LogP contribution in [0.25, 0.3) is 0 Å². The van der Waals surface area contributed by atoms with Crippen molar-refractivity contribution in [1.82, 2.24) is 4.90 Å². The van der Waals surface area contributed by atoms with E-state index >= 15 is 0 Å². The largest absolute Gasteiger partial charge is 0.374 e. The average molecular weight is 151 g/mol. The summed E-state index contributed by atoms with van der Waals surface area (Å²) >= 11 is 0. The number of hydrogen-bond acceptors (Lipinski definition) is 1. The van der Waals surface area contributed by atoms with Gasteiger partial charge in [0.15, 0.2) is 0 Å². The minimum atomic E-state index is 0.728. The van der Waals surface area contributed by atoms with Crippen LogP contribution in [0.5, 0.6) is 0 Å². The molecular weight excluding hydrogens is 134 g/mol. The number of nitrogens with zero attached hydrogens (tertiary/aromatic N) is 1. The zero-order valence-corrected chi connectivity index (χ0v) is 7.89. The van der Waals surface area contributed by atoms with Crippen LogP contribution in [0, 0.1) is 5.92 Å². The molecule has 0 saturated heterocycles. The third kappa shape index (κ3) is 1.47. The lowest BCUT2D eigenvalue weighted by Gasteiger charge is -2.12. The second-order valence-corrected chi connectivity index (χ2v) is 3.35. The van der Waals surface area contributed by atoms with Gasteiger partial charge in [0.2, 0.25) is 0 Å². The van der Waals surface area contributed by atoms with Crippen molar-refractivity contribution in [2.24, 2.45) is 5.92 Å². The number of rotatable bonds is 1. The van der Waals surface area contributed by atoms with E-state index < -0.39 is 0 Å². The molecule has 1 heteroatoms. The van der Waals surface area contributed by atoms with E-state index in [9.17, 15) is 0 Å². The van der Waals surface area contributed by atoms with E-state index in [0.717, 1.165) is 5.92 Å². The van der Waals surface area contributed by atoms with Crippen molar-refractivity contribution in [1.29, 1.82) is 0 Å². The van der Waals surface area contributed by atoms with Crippen LogP contribution in [0.3, 0.4) is 0 Å². The molecule has 1 unspecified atom stereocenters. The monoisotopic (exact) mass is 151 g/mol. The summed E-state index contributed by atoms with van der Waals surface area (Å²) in [7, 11) is 2.16. The first-order chi connectivity index (χ1) is 5.16. The van der Waals surface area contributed by atoms with Crippen molar-refractivity contribution in [3.63, 3.8) is 0 Å². The van der Waals surface area contributed by atoms with Crippen LogP contribution >= 0.6 is 0 Å². The Labute approximate surface area is 69.4 Å². The summed E-state index contributed by atoms with van der Waals surface area (Å²) < 4.78 is 0. The van der Waals surface area contributed by atoms with E-state index in [2.05, 4.69) is 44.9 Å². The molecule has 1 aliphatic rings. The minimum Gasteiger partial charge on any atom is -0.374 e. The van der Waals surface area contributed by atoms with Gasteiger partial charge in [-0.15, -0.1) is 0 Å². The van der Waals surface area contributed by atoms with E-state index in [4.69, 9.17) is 0 Å². The van der Waals surface area contributed by atoms with Gasteiger partial charge in [-0.25, -0.2) is 0 Å². The lowest BCUT2D eigenvalue weighted by Crippen LogP contribution is -2.14. The number of likely N-dealkylation sites (N-methyl/N-ethyl adjacent to an activating group) is 1. The molecule has 0 aromatic carbocycles. The van der Waals surface area contributed by atoms with Crippen molar-refractivity contribution in [3.8, 4) is 0 Å². The molecule has 62 valence electrons. The summed E-state index contributed by atoms with van der Waals surface area (Å²) in [6, 6.07) is 0. The first-order valence-corrected chi connectivity index (χ1v) is 4.21. The quantitative estimate of drug-likeness (QED) is 0.556. The molecule has 0 aromatic heterocycles. The average Bonchev–Trinajstić information content (AvgIpc) is 2.17. The maximum Gasteiger partial charge on any atom is 0.0352 e. The Morgan fingerprint density at radius 2 is 2.18 bits per heavy atom. The topological polar surface area (TPSA) is 3.24 Å². The molecule has 0 spiro atoms. The molecule has 0 radical (unpaired) electrons. The van der Waals surface area contributed by atoms with Gasteiger partial charge in [-0.1, -0.05) is 13.0 Å². The molecule has 0 saturated carbocycles. The van der Waals surface area contributed by atoms with Crippen molar-refractivity contribution in [2.75, 3.05) is 13.6 Å². The Bertz CT molecular complexity index is 201. The number of allylic oxidation sites excluding steroid dienone is 2. The SMILES string of the molecule is C/C=C\C1=C(C)C(C)CN1C. The minimum absolute atomic E-state index is 0.728. The molecule has 1 rings (SSSR count).